The van der Waals surface area contributed by atoms with E-state index in [2.05, 4.69) is 29.4 Å². The molecule has 0 spiro atoms. The van der Waals surface area contributed by atoms with Crippen LogP contribution in [0.3, 0.4) is 0 Å². The number of carbonyl (C=O) groups excluding carboxylic acids is 1. The van der Waals surface area contributed by atoms with Crippen molar-refractivity contribution in [3.05, 3.63) is 70.4 Å². The van der Waals surface area contributed by atoms with Gasteiger partial charge in [-0.15, -0.1) is 0 Å². The molecule has 2 heterocycles. The van der Waals surface area contributed by atoms with E-state index < -0.39 is 6.09 Å². The zero-order valence-corrected chi connectivity index (χ0v) is 18.4. The van der Waals surface area contributed by atoms with Crippen molar-refractivity contribution < 1.29 is 9.53 Å². The van der Waals surface area contributed by atoms with E-state index in [9.17, 15) is 9.59 Å². The van der Waals surface area contributed by atoms with Crippen molar-refractivity contribution in [2.45, 2.75) is 40.7 Å². The van der Waals surface area contributed by atoms with E-state index in [-0.39, 0.29) is 11.3 Å². The summed E-state index contributed by atoms with van der Waals surface area (Å²) in [7, 11) is 0. The summed E-state index contributed by atoms with van der Waals surface area (Å²) in [5, 5.41) is 11.6. The minimum Gasteiger partial charge on any atom is -0.449 e. The third kappa shape index (κ3) is 6.53. The van der Waals surface area contributed by atoms with Crippen molar-refractivity contribution in [1.82, 2.24) is 19.6 Å². The Kier molecular flexibility index (Phi) is 7.23. The first-order valence-electron chi connectivity index (χ1n) is 10.4. The van der Waals surface area contributed by atoms with E-state index in [0.717, 1.165) is 17.8 Å². The number of nitrogens with one attached hydrogen (secondary N) is 1. The summed E-state index contributed by atoms with van der Waals surface area (Å²) in [6, 6.07) is 8.82. The Morgan fingerprint density at radius 1 is 1.16 bits per heavy atom. The van der Waals surface area contributed by atoms with E-state index in [1.54, 1.807) is 23.1 Å². The Morgan fingerprint density at radius 2 is 1.97 bits per heavy atom. The average Bonchev–Trinajstić information content (AvgIpc) is 3.16. The summed E-state index contributed by atoms with van der Waals surface area (Å²) >= 11 is 0. The largest absolute Gasteiger partial charge is 0.449 e. The van der Waals surface area contributed by atoms with Gasteiger partial charge in [-0.25, -0.2) is 9.48 Å². The molecule has 3 rings (SSSR count). The van der Waals surface area contributed by atoms with Crippen molar-refractivity contribution in [2.75, 3.05) is 11.9 Å². The molecule has 1 amide bonds. The fourth-order valence-corrected chi connectivity index (χ4v) is 3.01. The molecule has 0 aliphatic rings. The van der Waals surface area contributed by atoms with Crippen molar-refractivity contribution >= 4 is 11.8 Å². The van der Waals surface area contributed by atoms with Crippen LogP contribution in [-0.2, 0) is 17.7 Å². The van der Waals surface area contributed by atoms with E-state index in [4.69, 9.17) is 4.74 Å². The maximum atomic E-state index is 12.4. The summed E-state index contributed by atoms with van der Waals surface area (Å²) < 4.78 is 8.68. The van der Waals surface area contributed by atoms with Gasteiger partial charge in [-0.1, -0.05) is 39.8 Å². The molecule has 1 aromatic carbocycles. The Morgan fingerprint density at radius 3 is 2.71 bits per heavy atom. The normalized spacial score (nSPS) is 11.2. The standard InChI is InChI=1S/C23H29N5O3/c1-16(2)13-27-14-20(12-24-27)28-9-8-22(29)21(26-28)11-18-6-5-7-19(10-18)25-23(30)31-15-17(3)4/h5-10,12,14,16-17H,11,13,15H2,1-4H3,(H,25,30). The second-order valence-electron chi connectivity index (χ2n) is 8.38. The SMILES string of the molecule is CC(C)COC(=O)Nc1cccc(Cc2nn(-c3cnn(CC(C)C)c3)ccc2=O)c1. The molecule has 164 valence electrons. The van der Waals surface area contributed by atoms with Crippen LogP contribution in [0.25, 0.3) is 5.69 Å². The Bertz CT molecular complexity index is 1080. The van der Waals surface area contributed by atoms with Crippen LogP contribution in [-0.4, -0.2) is 32.3 Å². The molecule has 0 fully saturated rings. The lowest BCUT2D eigenvalue weighted by Crippen LogP contribution is -2.17. The van der Waals surface area contributed by atoms with Gasteiger partial charge in [-0.3, -0.25) is 14.8 Å². The molecule has 0 unspecified atom stereocenters. The molecule has 2 aromatic heterocycles. The maximum absolute atomic E-state index is 12.4. The van der Waals surface area contributed by atoms with Crippen LogP contribution in [0, 0.1) is 11.8 Å². The molecule has 0 aliphatic carbocycles. The highest BCUT2D eigenvalue weighted by molar-refractivity contribution is 5.84. The second kappa shape index (κ2) is 10.1. The number of hydrogen-bond acceptors (Lipinski definition) is 5. The van der Waals surface area contributed by atoms with E-state index in [1.165, 1.54) is 6.07 Å². The molecular formula is C23H29N5O3. The van der Waals surface area contributed by atoms with Gasteiger partial charge in [0.1, 0.15) is 11.4 Å². The molecule has 3 aromatic rings. The van der Waals surface area contributed by atoms with Crippen molar-refractivity contribution in [3.63, 3.8) is 0 Å². The van der Waals surface area contributed by atoms with Gasteiger partial charge >= 0.3 is 6.09 Å². The first-order chi connectivity index (χ1) is 14.8. The summed E-state index contributed by atoms with van der Waals surface area (Å²) in [4.78, 5) is 24.3. The predicted molar refractivity (Wildman–Crippen MR) is 120 cm³/mol. The Hall–Kier alpha value is -3.42. The van der Waals surface area contributed by atoms with Crippen molar-refractivity contribution in [2.24, 2.45) is 11.8 Å². The van der Waals surface area contributed by atoms with Crippen LogP contribution in [0.4, 0.5) is 10.5 Å². The van der Waals surface area contributed by atoms with Crippen LogP contribution < -0.4 is 10.7 Å². The lowest BCUT2D eigenvalue weighted by Gasteiger charge is -2.10. The summed E-state index contributed by atoms with van der Waals surface area (Å²) in [6.45, 7) is 9.37. The highest BCUT2D eigenvalue weighted by Gasteiger charge is 2.10. The van der Waals surface area contributed by atoms with Gasteiger partial charge in [0.05, 0.1) is 19.0 Å². The van der Waals surface area contributed by atoms with Gasteiger partial charge in [0, 0.05) is 30.9 Å². The summed E-state index contributed by atoms with van der Waals surface area (Å²) in [5.74, 6) is 0.745. The Labute approximate surface area is 181 Å². The van der Waals surface area contributed by atoms with Crippen LogP contribution in [0.2, 0.25) is 0 Å². The quantitative estimate of drug-likeness (QED) is 0.594. The number of amides is 1. The lowest BCUT2D eigenvalue weighted by atomic mass is 10.1. The summed E-state index contributed by atoms with van der Waals surface area (Å²) in [5.41, 5.74) is 2.54. The number of carbonyl (C=O) groups is 1. The number of nitrogens with zero attached hydrogens (tertiary/aromatic N) is 4. The third-order valence-corrected chi connectivity index (χ3v) is 4.41. The smallest absolute Gasteiger partial charge is 0.411 e. The van der Waals surface area contributed by atoms with E-state index >= 15 is 0 Å². The number of aromatic nitrogens is 4. The molecule has 0 radical (unpaired) electrons. The minimum absolute atomic E-state index is 0.138. The molecule has 0 atom stereocenters. The van der Waals surface area contributed by atoms with Crippen molar-refractivity contribution in [1.29, 1.82) is 0 Å². The van der Waals surface area contributed by atoms with Crippen LogP contribution in [0.1, 0.15) is 39.0 Å². The first-order valence-corrected chi connectivity index (χ1v) is 10.4. The number of ether oxygens (including phenoxy) is 1. The third-order valence-electron chi connectivity index (χ3n) is 4.41. The minimum atomic E-state index is -0.496. The second-order valence-corrected chi connectivity index (χ2v) is 8.38. The summed E-state index contributed by atoms with van der Waals surface area (Å²) in [6.07, 6.45) is 5.14. The number of hydrogen-bond donors (Lipinski definition) is 1. The van der Waals surface area contributed by atoms with Crippen LogP contribution >= 0.6 is 0 Å². The zero-order valence-electron chi connectivity index (χ0n) is 18.4. The lowest BCUT2D eigenvalue weighted by molar-refractivity contribution is 0.147. The molecular weight excluding hydrogens is 394 g/mol. The van der Waals surface area contributed by atoms with Crippen LogP contribution in [0.15, 0.2) is 53.7 Å². The highest BCUT2D eigenvalue weighted by Crippen LogP contribution is 2.14. The number of rotatable bonds is 8. The molecule has 0 bridgehead atoms. The van der Waals surface area contributed by atoms with E-state index in [0.29, 0.717) is 30.3 Å². The van der Waals surface area contributed by atoms with Gasteiger partial charge in [-0.2, -0.15) is 10.2 Å². The topological polar surface area (TPSA) is 91.0 Å². The fourth-order valence-electron chi connectivity index (χ4n) is 3.01. The molecule has 0 saturated heterocycles. The van der Waals surface area contributed by atoms with Gasteiger partial charge in [0.2, 0.25) is 5.43 Å². The monoisotopic (exact) mass is 423 g/mol. The van der Waals surface area contributed by atoms with Gasteiger partial charge < -0.3 is 4.74 Å². The zero-order chi connectivity index (χ0) is 22.4. The molecule has 8 heteroatoms. The molecule has 0 aliphatic heterocycles. The maximum Gasteiger partial charge on any atom is 0.411 e. The predicted octanol–water partition coefficient (Wildman–Crippen LogP) is 3.88. The molecule has 31 heavy (non-hydrogen) atoms. The molecule has 1 N–H and O–H groups in total. The first kappa shape index (κ1) is 22.3. The number of anilines is 1. The fraction of sp³-hybridized carbons (Fsp3) is 0.391. The molecule has 8 nitrogen and oxygen atoms in total. The average molecular weight is 424 g/mol. The van der Waals surface area contributed by atoms with Gasteiger partial charge in [0.25, 0.3) is 0 Å². The Balaban J connectivity index is 1.74. The number of benzene rings is 1. The van der Waals surface area contributed by atoms with E-state index in [1.807, 2.05) is 42.9 Å². The van der Waals surface area contributed by atoms with Gasteiger partial charge in [-0.05, 0) is 29.5 Å². The van der Waals surface area contributed by atoms with Gasteiger partial charge in [0.15, 0.2) is 0 Å². The highest BCUT2D eigenvalue weighted by atomic mass is 16.5. The molecule has 0 saturated carbocycles. The van der Waals surface area contributed by atoms with Crippen molar-refractivity contribution in [3.8, 4) is 5.69 Å². The van der Waals surface area contributed by atoms with Crippen LogP contribution in [0.5, 0.6) is 0 Å².